The molecule has 3 heterocycles. The van der Waals surface area contributed by atoms with Crippen LogP contribution in [-0.2, 0) is 16.0 Å². The molecule has 1 saturated heterocycles. The summed E-state index contributed by atoms with van der Waals surface area (Å²) >= 11 is 1.66. The average Bonchev–Trinajstić information content (AvgIpc) is 3.08. The highest BCUT2D eigenvalue weighted by Gasteiger charge is 2.12. The lowest BCUT2D eigenvalue weighted by Gasteiger charge is -2.27. The Morgan fingerprint density at radius 1 is 1.32 bits per heavy atom. The van der Waals surface area contributed by atoms with Crippen LogP contribution in [0.1, 0.15) is 12.0 Å². The topological polar surface area (TPSA) is 54.5 Å². The van der Waals surface area contributed by atoms with E-state index in [2.05, 4.69) is 26.6 Å². The fourth-order valence-electron chi connectivity index (χ4n) is 2.36. The number of hydrogen-bond acceptors (Lipinski definition) is 5. The van der Waals surface area contributed by atoms with Crippen molar-refractivity contribution < 1.29 is 9.53 Å². The molecule has 1 aliphatic rings. The second kappa shape index (κ2) is 7.38. The van der Waals surface area contributed by atoms with Crippen LogP contribution in [-0.4, -0.2) is 37.2 Å². The zero-order valence-corrected chi connectivity index (χ0v) is 13.1. The number of anilines is 2. The Balaban J connectivity index is 1.50. The molecule has 1 N–H and O–H groups in total. The van der Waals surface area contributed by atoms with Crippen LogP contribution in [0.15, 0.2) is 35.2 Å². The molecule has 1 amide bonds. The van der Waals surface area contributed by atoms with Gasteiger partial charge in [-0.05, 0) is 40.9 Å². The van der Waals surface area contributed by atoms with Gasteiger partial charge < -0.3 is 15.0 Å². The molecule has 0 aliphatic carbocycles. The molecular formula is C16H19N3O2S. The Kier molecular flexibility index (Phi) is 5.03. The minimum Gasteiger partial charge on any atom is -0.378 e. The number of nitrogens with one attached hydrogen (secondary N) is 1. The number of ether oxygens (including phenoxy) is 1. The quantitative estimate of drug-likeness (QED) is 0.921. The van der Waals surface area contributed by atoms with Crippen molar-refractivity contribution in [2.45, 2.75) is 12.8 Å². The van der Waals surface area contributed by atoms with Crippen LogP contribution in [0, 0.1) is 0 Å². The Morgan fingerprint density at radius 3 is 2.86 bits per heavy atom. The summed E-state index contributed by atoms with van der Waals surface area (Å²) in [5.74, 6) is 0.951. The highest BCUT2D eigenvalue weighted by molar-refractivity contribution is 7.07. The second-order valence-electron chi connectivity index (χ2n) is 5.18. The summed E-state index contributed by atoms with van der Waals surface area (Å²) in [6.45, 7) is 3.20. The number of amides is 1. The van der Waals surface area contributed by atoms with E-state index in [9.17, 15) is 4.79 Å². The van der Waals surface area contributed by atoms with Crippen LogP contribution >= 0.6 is 11.3 Å². The van der Waals surface area contributed by atoms with E-state index >= 15 is 0 Å². The number of hydrogen-bond donors (Lipinski definition) is 1. The van der Waals surface area contributed by atoms with Gasteiger partial charge in [-0.1, -0.05) is 0 Å². The minimum atomic E-state index is 0.0205. The van der Waals surface area contributed by atoms with E-state index in [-0.39, 0.29) is 5.91 Å². The van der Waals surface area contributed by atoms with Crippen molar-refractivity contribution in [2.75, 3.05) is 36.5 Å². The lowest BCUT2D eigenvalue weighted by atomic mass is 10.2. The molecule has 0 radical (unpaired) electrons. The number of morpholine rings is 1. The highest BCUT2D eigenvalue weighted by atomic mass is 32.1. The van der Waals surface area contributed by atoms with Gasteiger partial charge in [0.05, 0.1) is 25.1 Å². The number of carbonyl (C=O) groups excluding carboxylic acids is 1. The predicted molar refractivity (Wildman–Crippen MR) is 88.5 cm³/mol. The van der Waals surface area contributed by atoms with Crippen LogP contribution in [0.5, 0.6) is 0 Å². The van der Waals surface area contributed by atoms with Gasteiger partial charge in [0.25, 0.3) is 0 Å². The van der Waals surface area contributed by atoms with Gasteiger partial charge in [0.15, 0.2) is 0 Å². The molecule has 0 bridgehead atoms. The lowest BCUT2D eigenvalue weighted by molar-refractivity contribution is -0.116. The fraction of sp³-hybridized carbons (Fsp3) is 0.375. The summed E-state index contributed by atoms with van der Waals surface area (Å²) in [6.07, 6.45) is 2.98. The van der Waals surface area contributed by atoms with E-state index in [0.29, 0.717) is 6.42 Å². The van der Waals surface area contributed by atoms with Crippen molar-refractivity contribution in [3.8, 4) is 0 Å². The monoisotopic (exact) mass is 317 g/mol. The van der Waals surface area contributed by atoms with Crippen molar-refractivity contribution in [3.63, 3.8) is 0 Å². The summed E-state index contributed by atoms with van der Waals surface area (Å²) in [5, 5.41) is 7.00. The van der Waals surface area contributed by atoms with Crippen molar-refractivity contribution in [1.29, 1.82) is 0 Å². The molecule has 6 heteroatoms. The Hall–Kier alpha value is -1.92. The lowest BCUT2D eigenvalue weighted by Crippen LogP contribution is -2.36. The average molecular weight is 317 g/mol. The Labute approximate surface area is 133 Å². The molecule has 1 fully saturated rings. The molecule has 2 aromatic heterocycles. The van der Waals surface area contributed by atoms with Crippen molar-refractivity contribution in [3.05, 3.63) is 40.7 Å². The molecule has 0 spiro atoms. The molecule has 5 nitrogen and oxygen atoms in total. The molecule has 116 valence electrons. The molecular weight excluding hydrogens is 298 g/mol. The Morgan fingerprint density at radius 2 is 2.18 bits per heavy atom. The first kappa shape index (κ1) is 15.0. The molecule has 0 saturated carbocycles. The molecule has 2 aromatic rings. The number of thiophene rings is 1. The number of carbonyl (C=O) groups is 1. The molecule has 0 aromatic carbocycles. The van der Waals surface area contributed by atoms with E-state index in [1.165, 1.54) is 5.56 Å². The minimum absolute atomic E-state index is 0.0205. The van der Waals surface area contributed by atoms with Gasteiger partial charge in [0, 0.05) is 19.5 Å². The van der Waals surface area contributed by atoms with Gasteiger partial charge >= 0.3 is 0 Å². The summed E-state index contributed by atoms with van der Waals surface area (Å²) in [5.41, 5.74) is 1.95. The van der Waals surface area contributed by atoms with Gasteiger partial charge in [0.1, 0.15) is 5.82 Å². The van der Waals surface area contributed by atoms with Crippen molar-refractivity contribution in [2.24, 2.45) is 0 Å². The van der Waals surface area contributed by atoms with E-state index in [1.807, 2.05) is 17.5 Å². The molecule has 22 heavy (non-hydrogen) atoms. The maximum atomic E-state index is 11.9. The van der Waals surface area contributed by atoms with Gasteiger partial charge in [-0.3, -0.25) is 4.79 Å². The normalized spacial score (nSPS) is 14.8. The predicted octanol–water partition coefficient (Wildman–Crippen LogP) is 2.55. The van der Waals surface area contributed by atoms with Crippen molar-refractivity contribution in [1.82, 2.24) is 4.98 Å². The maximum Gasteiger partial charge on any atom is 0.224 e. The number of aromatic nitrogens is 1. The first-order valence-electron chi connectivity index (χ1n) is 7.41. The number of pyridine rings is 1. The van der Waals surface area contributed by atoms with Gasteiger partial charge in [-0.15, -0.1) is 0 Å². The Bertz CT molecular complexity index is 592. The maximum absolute atomic E-state index is 11.9. The molecule has 0 atom stereocenters. The number of aryl methyl sites for hydroxylation is 1. The molecule has 3 rings (SSSR count). The summed E-state index contributed by atoms with van der Waals surface area (Å²) in [7, 11) is 0. The summed E-state index contributed by atoms with van der Waals surface area (Å²) in [6, 6.07) is 5.90. The number of nitrogens with zero attached hydrogens (tertiary/aromatic N) is 2. The van der Waals surface area contributed by atoms with Crippen LogP contribution in [0.2, 0.25) is 0 Å². The van der Waals surface area contributed by atoms with Gasteiger partial charge in [0.2, 0.25) is 5.91 Å². The first-order chi connectivity index (χ1) is 10.8. The van der Waals surface area contributed by atoms with Crippen LogP contribution in [0.25, 0.3) is 0 Å². The third-order valence-electron chi connectivity index (χ3n) is 3.59. The summed E-state index contributed by atoms with van der Waals surface area (Å²) in [4.78, 5) is 18.5. The standard InChI is InChI=1S/C16H19N3O2S/c20-16(4-1-13-5-10-22-12-13)18-14-2-3-15(17-11-14)19-6-8-21-9-7-19/h2-3,5,10-12H,1,4,6-9H2,(H,18,20). The van der Waals surface area contributed by atoms with Crippen LogP contribution in [0.4, 0.5) is 11.5 Å². The van der Waals surface area contributed by atoms with E-state index in [1.54, 1.807) is 17.5 Å². The zero-order valence-electron chi connectivity index (χ0n) is 12.3. The van der Waals surface area contributed by atoms with Crippen molar-refractivity contribution >= 4 is 28.7 Å². The van der Waals surface area contributed by atoms with Gasteiger partial charge in [-0.2, -0.15) is 11.3 Å². The fourth-order valence-corrected chi connectivity index (χ4v) is 3.06. The van der Waals surface area contributed by atoms with Crippen LogP contribution in [0.3, 0.4) is 0 Å². The second-order valence-corrected chi connectivity index (χ2v) is 5.96. The van der Waals surface area contributed by atoms with Crippen LogP contribution < -0.4 is 10.2 Å². The smallest absolute Gasteiger partial charge is 0.224 e. The van der Waals surface area contributed by atoms with E-state index in [0.717, 1.165) is 44.2 Å². The molecule has 1 aliphatic heterocycles. The molecule has 0 unspecified atom stereocenters. The summed E-state index contributed by atoms with van der Waals surface area (Å²) < 4.78 is 5.33. The van der Waals surface area contributed by atoms with E-state index < -0.39 is 0 Å². The van der Waals surface area contributed by atoms with E-state index in [4.69, 9.17) is 4.74 Å². The first-order valence-corrected chi connectivity index (χ1v) is 8.35. The number of rotatable bonds is 5. The van der Waals surface area contributed by atoms with Gasteiger partial charge in [-0.25, -0.2) is 4.98 Å². The highest BCUT2D eigenvalue weighted by Crippen LogP contribution is 2.16. The zero-order chi connectivity index (χ0) is 15.2. The third kappa shape index (κ3) is 4.05. The SMILES string of the molecule is O=C(CCc1ccsc1)Nc1ccc(N2CCOCC2)nc1. The largest absolute Gasteiger partial charge is 0.378 e. The third-order valence-corrected chi connectivity index (χ3v) is 4.32.